The Kier molecular flexibility index (Phi) is 6.65. The Morgan fingerprint density at radius 3 is 2.43 bits per heavy atom. The van der Waals surface area contributed by atoms with Crippen molar-refractivity contribution in [2.24, 2.45) is 23.5 Å². The first-order valence-electron chi connectivity index (χ1n) is 10.3. The van der Waals surface area contributed by atoms with Gasteiger partial charge in [0, 0.05) is 50.9 Å². The van der Waals surface area contributed by atoms with Crippen molar-refractivity contribution in [1.29, 1.82) is 0 Å². The summed E-state index contributed by atoms with van der Waals surface area (Å²) in [6.45, 7) is 4.71. The number of hydrogen-bond donors (Lipinski definition) is 1. The third-order valence-corrected chi connectivity index (χ3v) is 6.30. The van der Waals surface area contributed by atoms with E-state index in [-0.39, 0.29) is 23.6 Å². The lowest BCUT2D eigenvalue weighted by molar-refractivity contribution is -0.136. The van der Waals surface area contributed by atoms with Crippen molar-refractivity contribution in [1.82, 2.24) is 14.8 Å². The average Bonchev–Trinajstić information content (AvgIpc) is 2.74. The fraction of sp³-hybridized carbons (Fsp3) is 0.619. The Hall–Kier alpha value is -2.44. The minimum absolute atomic E-state index is 0.0184. The van der Waals surface area contributed by atoms with Gasteiger partial charge in [0.1, 0.15) is 0 Å². The van der Waals surface area contributed by atoms with Gasteiger partial charge in [0.05, 0.1) is 5.56 Å². The number of primary amides is 1. The molecule has 2 saturated heterocycles. The number of nitrogens with zero attached hydrogens (tertiary/aromatic N) is 3. The summed E-state index contributed by atoms with van der Waals surface area (Å²) in [7, 11) is 0. The van der Waals surface area contributed by atoms with E-state index in [1.807, 2.05) is 9.80 Å². The molecule has 2 atom stereocenters. The molecule has 2 unspecified atom stereocenters. The summed E-state index contributed by atoms with van der Waals surface area (Å²) < 4.78 is 0. The molecule has 0 bridgehead atoms. The second-order valence-electron chi connectivity index (χ2n) is 7.97. The Bertz CT molecular complexity index is 701. The number of nitrogens with two attached hydrogens (primary N) is 1. The summed E-state index contributed by atoms with van der Waals surface area (Å²) in [5, 5.41) is 0. The van der Waals surface area contributed by atoms with Crippen LogP contribution in [0.25, 0.3) is 0 Å². The van der Waals surface area contributed by atoms with Gasteiger partial charge in [-0.05, 0) is 43.2 Å². The predicted octanol–water partition coefficient (Wildman–Crippen LogP) is 1.68. The Morgan fingerprint density at radius 2 is 1.82 bits per heavy atom. The van der Waals surface area contributed by atoms with Crippen LogP contribution < -0.4 is 5.73 Å². The number of amides is 3. The molecule has 0 radical (unpaired) electrons. The first-order chi connectivity index (χ1) is 13.5. The van der Waals surface area contributed by atoms with Crippen LogP contribution in [0.3, 0.4) is 0 Å². The molecule has 2 aliphatic rings. The molecular formula is C21H30N4O3. The highest BCUT2D eigenvalue weighted by molar-refractivity contribution is 5.94. The number of carbonyl (C=O) groups excluding carboxylic acids is 3. The molecular weight excluding hydrogens is 356 g/mol. The molecule has 3 heterocycles. The highest BCUT2D eigenvalue weighted by atomic mass is 16.2. The fourth-order valence-corrected chi connectivity index (χ4v) is 4.44. The van der Waals surface area contributed by atoms with Crippen molar-refractivity contribution in [2.75, 3.05) is 26.2 Å². The topological polar surface area (TPSA) is 96.6 Å². The van der Waals surface area contributed by atoms with Gasteiger partial charge in [-0.15, -0.1) is 0 Å². The number of likely N-dealkylation sites (tertiary alicyclic amines) is 2. The maximum Gasteiger partial charge on any atom is 0.255 e. The van der Waals surface area contributed by atoms with Crippen molar-refractivity contribution < 1.29 is 14.4 Å². The zero-order valence-corrected chi connectivity index (χ0v) is 16.5. The lowest BCUT2D eigenvalue weighted by Gasteiger charge is -2.39. The first kappa shape index (κ1) is 20.3. The van der Waals surface area contributed by atoms with E-state index in [0.29, 0.717) is 62.8 Å². The second-order valence-corrected chi connectivity index (χ2v) is 7.97. The fourth-order valence-electron chi connectivity index (χ4n) is 4.44. The summed E-state index contributed by atoms with van der Waals surface area (Å²) in [5.41, 5.74) is 5.99. The Morgan fingerprint density at radius 1 is 1.11 bits per heavy atom. The molecule has 0 spiro atoms. The van der Waals surface area contributed by atoms with E-state index in [2.05, 4.69) is 11.9 Å². The Labute approximate surface area is 166 Å². The smallest absolute Gasteiger partial charge is 0.255 e. The van der Waals surface area contributed by atoms with Gasteiger partial charge in [0.15, 0.2) is 0 Å². The van der Waals surface area contributed by atoms with E-state index in [4.69, 9.17) is 5.73 Å². The van der Waals surface area contributed by atoms with Crippen LogP contribution in [0.4, 0.5) is 0 Å². The van der Waals surface area contributed by atoms with E-state index < -0.39 is 0 Å². The van der Waals surface area contributed by atoms with E-state index in [9.17, 15) is 14.4 Å². The lowest BCUT2D eigenvalue weighted by atomic mass is 9.81. The molecule has 3 rings (SSSR count). The van der Waals surface area contributed by atoms with E-state index in [0.717, 1.165) is 12.8 Å². The summed E-state index contributed by atoms with van der Waals surface area (Å²) in [4.78, 5) is 44.6. The van der Waals surface area contributed by atoms with E-state index in [1.165, 1.54) is 0 Å². The van der Waals surface area contributed by atoms with Gasteiger partial charge in [-0.3, -0.25) is 19.4 Å². The molecule has 7 nitrogen and oxygen atoms in total. The third-order valence-electron chi connectivity index (χ3n) is 6.30. The molecule has 7 heteroatoms. The van der Waals surface area contributed by atoms with Crippen LogP contribution in [-0.2, 0) is 9.59 Å². The van der Waals surface area contributed by atoms with Crippen molar-refractivity contribution in [3.8, 4) is 0 Å². The molecule has 0 aromatic carbocycles. The van der Waals surface area contributed by atoms with Crippen LogP contribution in [-0.4, -0.2) is 58.7 Å². The highest BCUT2D eigenvalue weighted by Gasteiger charge is 2.34. The summed E-state index contributed by atoms with van der Waals surface area (Å²) in [5.74, 6) is 0.437. The predicted molar refractivity (Wildman–Crippen MR) is 105 cm³/mol. The number of rotatable bonds is 5. The standard InChI is InChI=1S/C21H30N4O3/c1-2-15-14-25(21(28)18-4-3-8-23-13-18)11-7-17(15)12-19(26)24-9-5-16(6-10-24)20(22)27/h3-4,8,13,15-17H,2,5-7,9-12,14H2,1H3,(H2,22,27). The number of piperidine rings is 2. The van der Waals surface area contributed by atoms with Crippen molar-refractivity contribution in [3.63, 3.8) is 0 Å². The van der Waals surface area contributed by atoms with Crippen LogP contribution in [0, 0.1) is 17.8 Å². The summed E-state index contributed by atoms with van der Waals surface area (Å²) in [6, 6.07) is 3.57. The van der Waals surface area contributed by atoms with Crippen LogP contribution >= 0.6 is 0 Å². The third kappa shape index (κ3) is 4.69. The molecule has 2 fully saturated rings. The van der Waals surface area contributed by atoms with Crippen LogP contribution in [0.2, 0.25) is 0 Å². The molecule has 2 N–H and O–H groups in total. The van der Waals surface area contributed by atoms with Gasteiger partial charge in [0.25, 0.3) is 5.91 Å². The normalized spacial score (nSPS) is 23.5. The largest absolute Gasteiger partial charge is 0.369 e. The molecule has 1 aromatic rings. The van der Waals surface area contributed by atoms with Crippen molar-refractivity contribution in [2.45, 2.75) is 39.0 Å². The summed E-state index contributed by atoms with van der Waals surface area (Å²) >= 11 is 0. The van der Waals surface area contributed by atoms with Crippen LogP contribution in [0.5, 0.6) is 0 Å². The Balaban J connectivity index is 1.54. The first-order valence-corrected chi connectivity index (χ1v) is 10.3. The highest BCUT2D eigenvalue weighted by Crippen LogP contribution is 2.31. The van der Waals surface area contributed by atoms with Crippen molar-refractivity contribution in [3.05, 3.63) is 30.1 Å². The molecule has 2 aliphatic heterocycles. The number of pyridine rings is 1. The van der Waals surface area contributed by atoms with Gasteiger partial charge >= 0.3 is 0 Å². The minimum atomic E-state index is -0.260. The SMILES string of the molecule is CCC1CN(C(=O)c2cccnc2)CCC1CC(=O)N1CCC(C(N)=O)CC1. The van der Waals surface area contributed by atoms with E-state index in [1.54, 1.807) is 24.5 Å². The number of carbonyl (C=O) groups is 3. The number of hydrogen-bond acceptors (Lipinski definition) is 4. The average molecular weight is 386 g/mol. The van der Waals surface area contributed by atoms with Gasteiger partial charge in [-0.25, -0.2) is 0 Å². The van der Waals surface area contributed by atoms with Crippen LogP contribution in [0.1, 0.15) is 49.4 Å². The van der Waals surface area contributed by atoms with Gasteiger partial charge in [-0.1, -0.05) is 13.3 Å². The molecule has 0 saturated carbocycles. The molecule has 0 aliphatic carbocycles. The molecule has 1 aromatic heterocycles. The van der Waals surface area contributed by atoms with Crippen molar-refractivity contribution >= 4 is 17.7 Å². The lowest BCUT2D eigenvalue weighted by Crippen LogP contribution is -2.46. The maximum absolute atomic E-state index is 12.8. The minimum Gasteiger partial charge on any atom is -0.369 e. The monoisotopic (exact) mass is 386 g/mol. The quantitative estimate of drug-likeness (QED) is 0.833. The summed E-state index contributed by atoms with van der Waals surface area (Å²) in [6.07, 6.45) is 6.90. The molecule has 28 heavy (non-hydrogen) atoms. The zero-order chi connectivity index (χ0) is 20.1. The van der Waals surface area contributed by atoms with Gasteiger partial charge in [0.2, 0.25) is 11.8 Å². The van der Waals surface area contributed by atoms with Gasteiger partial charge < -0.3 is 15.5 Å². The number of aromatic nitrogens is 1. The zero-order valence-electron chi connectivity index (χ0n) is 16.5. The molecule has 152 valence electrons. The second kappa shape index (κ2) is 9.17. The maximum atomic E-state index is 12.8. The molecule has 3 amide bonds. The van der Waals surface area contributed by atoms with E-state index >= 15 is 0 Å². The van der Waals surface area contributed by atoms with Gasteiger partial charge in [-0.2, -0.15) is 0 Å². The van der Waals surface area contributed by atoms with Crippen LogP contribution in [0.15, 0.2) is 24.5 Å².